The van der Waals surface area contributed by atoms with E-state index in [2.05, 4.69) is 46.1 Å². The number of anilines is 1. The molecule has 1 N–H and O–H groups in total. The van der Waals surface area contributed by atoms with E-state index in [1.165, 1.54) is 16.8 Å². The molecule has 0 atom stereocenters. The van der Waals surface area contributed by atoms with Crippen molar-refractivity contribution in [2.75, 3.05) is 19.0 Å². The van der Waals surface area contributed by atoms with Crippen LogP contribution in [0.4, 0.5) is 5.95 Å². The molecule has 0 aliphatic heterocycles. The average Bonchev–Trinajstić information content (AvgIpc) is 2.71. The van der Waals surface area contributed by atoms with Gasteiger partial charge in [0.15, 0.2) is 0 Å². The van der Waals surface area contributed by atoms with Gasteiger partial charge < -0.3 is 14.8 Å². The van der Waals surface area contributed by atoms with Crippen LogP contribution in [-0.2, 0) is 20.1 Å². The molecule has 0 amide bonds. The molecule has 0 bridgehead atoms. The van der Waals surface area contributed by atoms with E-state index in [9.17, 15) is 0 Å². The summed E-state index contributed by atoms with van der Waals surface area (Å²) >= 11 is 0. The Bertz CT molecular complexity index is 543. The Balaban J connectivity index is 1.93. The Kier molecular flexibility index (Phi) is 4.22. The summed E-state index contributed by atoms with van der Waals surface area (Å²) in [7, 11) is 6.06. The lowest BCUT2D eigenvalue weighted by Gasteiger charge is -2.13. The van der Waals surface area contributed by atoms with Gasteiger partial charge in [-0.1, -0.05) is 29.8 Å². The number of benzene rings is 1. The van der Waals surface area contributed by atoms with Crippen molar-refractivity contribution < 1.29 is 0 Å². The van der Waals surface area contributed by atoms with E-state index in [-0.39, 0.29) is 0 Å². The number of rotatable bonds is 5. The van der Waals surface area contributed by atoms with E-state index in [1.54, 1.807) is 0 Å². The van der Waals surface area contributed by atoms with Gasteiger partial charge in [-0.2, -0.15) is 0 Å². The zero-order valence-electron chi connectivity index (χ0n) is 12.1. The van der Waals surface area contributed by atoms with Gasteiger partial charge in [-0.15, -0.1) is 0 Å². The summed E-state index contributed by atoms with van der Waals surface area (Å²) in [6, 6.07) is 8.57. The molecule has 0 fully saturated rings. The van der Waals surface area contributed by atoms with Gasteiger partial charge in [0.1, 0.15) is 0 Å². The highest BCUT2D eigenvalue weighted by Crippen LogP contribution is 2.11. The summed E-state index contributed by atoms with van der Waals surface area (Å²) in [6.45, 7) is 3.82. The minimum Gasteiger partial charge on any atom is -0.348 e. The number of aryl methyl sites for hydroxylation is 1. The van der Waals surface area contributed by atoms with Crippen LogP contribution in [0.3, 0.4) is 0 Å². The molecule has 2 rings (SSSR count). The molecule has 0 saturated heterocycles. The molecule has 1 aromatic heterocycles. The minimum absolute atomic E-state index is 0.825. The second-order valence-electron chi connectivity index (χ2n) is 5.10. The monoisotopic (exact) mass is 258 g/mol. The third kappa shape index (κ3) is 3.35. The fraction of sp³-hybridized carbons (Fsp3) is 0.400. The van der Waals surface area contributed by atoms with Crippen molar-refractivity contribution in [3.63, 3.8) is 0 Å². The van der Waals surface area contributed by atoms with Crippen LogP contribution in [0.15, 0.2) is 30.5 Å². The zero-order valence-corrected chi connectivity index (χ0v) is 12.1. The molecule has 2 aromatic rings. The highest BCUT2D eigenvalue weighted by molar-refractivity contribution is 5.31. The summed E-state index contributed by atoms with van der Waals surface area (Å²) in [6.07, 6.45) is 1.93. The Labute approximate surface area is 115 Å². The Morgan fingerprint density at radius 1 is 1.26 bits per heavy atom. The van der Waals surface area contributed by atoms with Crippen LogP contribution in [0.1, 0.15) is 16.8 Å². The molecular weight excluding hydrogens is 236 g/mol. The molecule has 4 heteroatoms. The van der Waals surface area contributed by atoms with Gasteiger partial charge >= 0.3 is 0 Å². The summed E-state index contributed by atoms with van der Waals surface area (Å²) in [5, 5.41) is 3.46. The second-order valence-corrected chi connectivity index (χ2v) is 5.10. The third-order valence-electron chi connectivity index (χ3n) is 3.18. The van der Waals surface area contributed by atoms with Crippen LogP contribution < -0.4 is 10.2 Å². The predicted molar refractivity (Wildman–Crippen MR) is 79.3 cm³/mol. The molecule has 0 aliphatic rings. The summed E-state index contributed by atoms with van der Waals surface area (Å²) in [5.74, 6) is 0.979. The fourth-order valence-corrected chi connectivity index (χ4v) is 2.17. The lowest BCUT2D eigenvalue weighted by Crippen LogP contribution is -2.18. The molecule has 1 heterocycles. The number of imidazole rings is 1. The van der Waals surface area contributed by atoms with Gasteiger partial charge in [-0.25, -0.2) is 4.98 Å². The number of nitrogens with one attached hydrogen (secondary N) is 1. The van der Waals surface area contributed by atoms with Crippen molar-refractivity contribution in [3.8, 4) is 0 Å². The van der Waals surface area contributed by atoms with E-state index >= 15 is 0 Å². The van der Waals surface area contributed by atoms with Crippen molar-refractivity contribution in [3.05, 3.63) is 47.3 Å². The van der Waals surface area contributed by atoms with Gasteiger partial charge in [0.25, 0.3) is 0 Å². The van der Waals surface area contributed by atoms with Gasteiger partial charge in [0.2, 0.25) is 5.95 Å². The van der Waals surface area contributed by atoms with E-state index in [0.29, 0.717) is 0 Å². The molecule has 0 spiro atoms. The highest BCUT2D eigenvalue weighted by atomic mass is 15.3. The van der Waals surface area contributed by atoms with Crippen LogP contribution in [0.2, 0.25) is 0 Å². The van der Waals surface area contributed by atoms with Gasteiger partial charge in [-0.3, -0.25) is 0 Å². The van der Waals surface area contributed by atoms with E-state index in [4.69, 9.17) is 0 Å². The maximum absolute atomic E-state index is 4.40. The molecular formula is C15H22N4. The predicted octanol–water partition coefficient (Wildman–Crippen LogP) is 2.08. The maximum Gasteiger partial charge on any atom is 0.204 e. The third-order valence-corrected chi connectivity index (χ3v) is 3.18. The standard InChI is InChI=1S/C15H22N4/c1-12-6-5-7-13(8-12)9-16-10-14-11-17-15(18(2)3)19(14)4/h5-8,11,16H,9-10H2,1-4H3. The summed E-state index contributed by atoms with van der Waals surface area (Å²) in [5.41, 5.74) is 3.81. The van der Waals surface area contributed by atoms with Crippen LogP contribution in [0.5, 0.6) is 0 Å². The van der Waals surface area contributed by atoms with Crippen LogP contribution >= 0.6 is 0 Å². The summed E-state index contributed by atoms with van der Waals surface area (Å²) in [4.78, 5) is 6.42. The number of hydrogen-bond donors (Lipinski definition) is 1. The molecule has 19 heavy (non-hydrogen) atoms. The first-order valence-electron chi connectivity index (χ1n) is 6.52. The number of aromatic nitrogens is 2. The zero-order chi connectivity index (χ0) is 13.8. The highest BCUT2D eigenvalue weighted by Gasteiger charge is 2.07. The number of nitrogens with zero attached hydrogens (tertiary/aromatic N) is 3. The van der Waals surface area contributed by atoms with E-state index in [0.717, 1.165) is 19.0 Å². The fourth-order valence-electron chi connectivity index (χ4n) is 2.17. The van der Waals surface area contributed by atoms with Crippen molar-refractivity contribution in [2.45, 2.75) is 20.0 Å². The van der Waals surface area contributed by atoms with Gasteiger partial charge in [0.05, 0.1) is 11.9 Å². The molecule has 0 unspecified atom stereocenters. The molecule has 4 nitrogen and oxygen atoms in total. The lowest BCUT2D eigenvalue weighted by molar-refractivity contribution is 0.654. The SMILES string of the molecule is Cc1cccc(CNCc2cnc(N(C)C)n2C)c1. The first-order chi connectivity index (χ1) is 9.08. The topological polar surface area (TPSA) is 33.1 Å². The molecule has 0 saturated carbocycles. The average molecular weight is 258 g/mol. The first kappa shape index (κ1) is 13.6. The normalized spacial score (nSPS) is 10.7. The Hall–Kier alpha value is -1.81. The molecule has 102 valence electrons. The van der Waals surface area contributed by atoms with Crippen LogP contribution in [0, 0.1) is 6.92 Å². The number of hydrogen-bond acceptors (Lipinski definition) is 3. The second kappa shape index (κ2) is 5.89. The van der Waals surface area contributed by atoms with Crippen molar-refractivity contribution in [1.82, 2.24) is 14.9 Å². The molecule has 0 radical (unpaired) electrons. The van der Waals surface area contributed by atoms with Crippen LogP contribution in [-0.4, -0.2) is 23.6 Å². The van der Waals surface area contributed by atoms with Crippen molar-refractivity contribution in [1.29, 1.82) is 0 Å². The minimum atomic E-state index is 0.825. The molecule has 0 aliphatic carbocycles. The van der Waals surface area contributed by atoms with Gasteiger partial charge in [0, 0.05) is 34.2 Å². The lowest BCUT2D eigenvalue weighted by atomic mass is 10.1. The first-order valence-corrected chi connectivity index (χ1v) is 6.52. The van der Waals surface area contributed by atoms with Crippen LogP contribution in [0.25, 0.3) is 0 Å². The largest absolute Gasteiger partial charge is 0.348 e. The molecule has 1 aromatic carbocycles. The van der Waals surface area contributed by atoms with Crippen molar-refractivity contribution in [2.24, 2.45) is 7.05 Å². The smallest absolute Gasteiger partial charge is 0.204 e. The summed E-state index contributed by atoms with van der Waals surface area (Å²) < 4.78 is 2.11. The van der Waals surface area contributed by atoms with Gasteiger partial charge in [-0.05, 0) is 12.5 Å². The Morgan fingerprint density at radius 2 is 2.05 bits per heavy atom. The Morgan fingerprint density at radius 3 is 2.68 bits per heavy atom. The quantitative estimate of drug-likeness (QED) is 0.891. The van der Waals surface area contributed by atoms with E-state index in [1.807, 2.05) is 32.2 Å². The van der Waals surface area contributed by atoms with E-state index < -0.39 is 0 Å². The maximum atomic E-state index is 4.40. The van der Waals surface area contributed by atoms with Crippen molar-refractivity contribution >= 4 is 5.95 Å².